The minimum atomic E-state index is -0.228. The van der Waals surface area contributed by atoms with Crippen molar-refractivity contribution in [3.05, 3.63) is 24.2 Å². The van der Waals surface area contributed by atoms with Crippen LogP contribution in [0.3, 0.4) is 0 Å². The smallest absolute Gasteiger partial charge is 0.156 e. The molecule has 0 bridgehead atoms. The van der Waals surface area contributed by atoms with Crippen LogP contribution in [0, 0.1) is 11.3 Å². The molecule has 0 aromatic carbocycles. The van der Waals surface area contributed by atoms with E-state index in [1.165, 1.54) is 6.42 Å². The third-order valence-corrected chi connectivity index (χ3v) is 3.25. The van der Waals surface area contributed by atoms with E-state index in [4.69, 9.17) is 4.42 Å². The zero-order chi connectivity index (χ0) is 12.1. The lowest BCUT2D eigenvalue weighted by Crippen LogP contribution is -2.47. The second kappa shape index (κ2) is 5.85. The molecule has 0 spiro atoms. The Morgan fingerprint density at radius 3 is 2.71 bits per heavy atom. The van der Waals surface area contributed by atoms with Crippen molar-refractivity contribution in [3.63, 3.8) is 0 Å². The Hall–Kier alpha value is -1.31. The molecule has 2 heterocycles. The normalized spacial score (nSPS) is 20.0. The Bertz CT molecular complexity index is 361. The van der Waals surface area contributed by atoms with Gasteiger partial charge in [0.15, 0.2) is 6.04 Å². The van der Waals surface area contributed by atoms with Gasteiger partial charge in [-0.3, -0.25) is 4.90 Å². The summed E-state index contributed by atoms with van der Waals surface area (Å²) in [7, 11) is 0. The summed E-state index contributed by atoms with van der Waals surface area (Å²) in [4.78, 5) is 4.65. The average molecular weight is 233 g/mol. The first-order chi connectivity index (χ1) is 8.35. The van der Waals surface area contributed by atoms with Gasteiger partial charge in [-0.2, -0.15) is 5.26 Å². The zero-order valence-corrected chi connectivity index (χ0v) is 10.3. The topological polar surface area (TPSA) is 43.4 Å². The Morgan fingerprint density at radius 1 is 1.41 bits per heavy atom. The van der Waals surface area contributed by atoms with Gasteiger partial charge in [0.1, 0.15) is 5.76 Å². The van der Waals surface area contributed by atoms with Gasteiger partial charge < -0.3 is 9.32 Å². The van der Waals surface area contributed by atoms with Crippen molar-refractivity contribution in [2.75, 3.05) is 32.7 Å². The highest BCUT2D eigenvalue weighted by Crippen LogP contribution is 2.21. The van der Waals surface area contributed by atoms with Gasteiger partial charge in [0.2, 0.25) is 0 Å². The van der Waals surface area contributed by atoms with Crippen LogP contribution in [-0.2, 0) is 0 Å². The summed E-state index contributed by atoms with van der Waals surface area (Å²) in [5, 5.41) is 9.25. The molecule has 1 unspecified atom stereocenters. The first-order valence-electron chi connectivity index (χ1n) is 6.24. The lowest BCUT2D eigenvalue weighted by Gasteiger charge is -2.36. The van der Waals surface area contributed by atoms with Crippen LogP contribution >= 0.6 is 0 Å². The summed E-state index contributed by atoms with van der Waals surface area (Å²) in [5.74, 6) is 0.761. The molecule has 0 saturated carbocycles. The van der Waals surface area contributed by atoms with Crippen molar-refractivity contribution in [2.45, 2.75) is 19.4 Å². The van der Waals surface area contributed by atoms with Crippen molar-refractivity contribution in [1.82, 2.24) is 9.80 Å². The lowest BCUT2D eigenvalue weighted by atomic mass is 10.2. The maximum absolute atomic E-state index is 9.25. The van der Waals surface area contributed by atoms with E-state index in [0.717, 1.165) is 38.5 Å². The summed E-state index contributed by atoms with van der Waals surface area (Å²) in [5.41, 5.74) is 0. The molecular weight excluding hydrogens is 214 g/mol. The number of furan rings is 1. The molecule has 0 amide bonds. The fourth-order valence-electron chi connectivity index (χ4n) is 2.33. The third kappa shape index (κ3) is 2.87. The minimum absolute atomic E-state index is 0.228. The minimum Gasteiger partial charge on any atom is -0.467 e. The van der Waals surface area contributed by atoms with Crippen LogP contribution in [-0.4, -0.2) is 42.5 Å². The van der Waals surface area contributed by atoms with Gasteiger partial charge in [0.25, 0.3) is 0 Å². The van der Waals surface area contributed by atoms with E-state index in [1.54, 1.807) is 6.26 Å². The Kier molecular flexibility index (Phi) is 4.18. The summed E-state index contributed by atoms with van der Waals surface area (Å²) in [6.45, 7) is 7.34. The number of nitrogens with zero attached hydrogens (tertiary/aromatic N) is 3. The number of hydrogen-bond acceptors (Lipinski definition) is 4. The molecule has 0 radical (unpaired) electrons. The summed E-state index contributed by atoms with van der Waals surface area (Å²) >= 11 is 0. The van der Waals surface area contributed by atoms with Crippen LogP contribution in [0.15, 0.2) is 22.8 Å². The number of nitriles is 1. The first kappa shape index (κ1) is 12.2. The maximum Gasteiger partial charge on any atom is 0.156 e. The van der Waals surface area contributed by atoms with Gasteiger partial charge in [0, 0.05) is 26.2 Å². The molecule has 1 fully saturated rings. The Morgan fingerprint density at radius 2 is 2.18 bits per heavy atom. The van der Waals surface area contributed by atoms with Gasteiger partial charge in [-0.25, -0.2) is 0 Å². The zero-order valence-electron chi connectivity index (χ0n) is 10.3. The first-order valence-corrected chi connectivity index (χ1v) is 6.24. The fourth-order valence-corrected chi connectivity index (χ4v) is 2.33. The molecule has 4 nitrogen and oxygen atoms in total. The molecule has 1 aliphatic heterocycles. The van der Waals surface area contributed by atoms with Crippen molar-refractivity contribution in [2.24, 2.45) is 0 Å². The predicted octanol–water partition coefficient (Wildman–Crippen LogP) is 1.87. The van der Waals surface area contributed by atoms with E-state index < -0.39 is 0 Å². The van der Waals surface area contributed by atoms with Crippen molar-refractivity contribution < 1.29 is 4.42 Å². The van der Waals surface area contributed by atoms with Gasteiger partial charge in [-0.05, 0) is 25.1 Å². The molecule has 92 valence electrons. The van der Waals surface area contributed by atoms with Gasteiger partial charge >= 0.3 is 0 Å². The van der Waals surface area contributed by atoms with E-state index in [0.29, 0.717) is 0 Å². The van der Waals surface area contributed by atoms with Crippen molar-refractivity contribution in [1.29, 1.82) is 5.26 Å². The predicted molar refractivity (Wildman–Crippen MR) is 65.4 cm³/mol. The van der Waals surface area contributed by atoms with E-state index >= 15 is 0 Å². The molecule has 1 aliphatic rings. The standard InChI is InChI=1S/C13H19N3O/c1-2-5-15-6-8-16(9-7-15)12(11-14)13-4-3-10-17-13/h3-4,10,12H,2,5-9H2,1H3. The highest BCUT2D eigenvalue weighted by Gasteiger charge is 2.26. The lowest BCUT2D eigenvalue weighted by molar-refractivity contribution is 0.107. The molecule has 1 saturated heterocycles. The fraction of sp³-hybridized carbons (Fsp3) is 0.615. The van der Waals surface area contributed by atoms with Crippen molar-refractivity contribution in [3.8, 4) is 6.07 Å². The summed E-state index contributed by atoms with van der Waals surface area (Å²) < 4.78 is 5.34. The molecule has 4 heteroatoms. The highest BCUT2D eigenvalue weighted by molar-refractivity contribution is 5.13. The molecule has 0 N–H and O–H groups in total. The monoisotopic (exact) mass is 233 g/mol. The van der Waals surface area contributed by atoms with Crippen LogP contribution < -0.4 is 0 Å². The number of hydrogen-bond donors (Lipinski definition) is 0. The summed E-state index contributed by atoms with van der Waals surface area (Å²) in [6.07, 6.45) is 2.83. The molecular formula is C13H19N3O. The van der Waals surface area contributed by atoms with Crippen LogP contribution in [0.4, 0.5) is 0 Å². The van der Waals surface area contributed by atoms with E-state index in [-0.39, 0.29) is 6.04 Å². The third-order valence-electron chi connectivity index (χ3n) is 3.25. The van der Waals surface area contributed by atoms with Crippen LogP contribution in [0.2, 0.25) is 0 Å². The SMILES string of the molecule is CCCN1CCN(C(C#N)c2ccco2)CC1. The largest absolute Gasteiger partial charge is 0.467 e. The quantitative estimate of drug-likeness (QED) is 0.796. The average Bonchev–Trinajstić information content (AvgIpc) is 2.86. The molecule has 1 aromatic heterocycles. The van der Waals surface area contributed by atoms with E-state index in [9.17, 15) is 5.26 Å². The van der Waals surface area contributed by atoms with Gasteiger partial charge in [-0.15, -0.1) is 0 Å². The molecule has 1 atom stereocenters. The molecule has 0 aliphatic carbocycles. The maximum atomic E-state index is 9.25. The second-order valence-electron chi connectivity index (χ2n) is 4.42. The summed E-state index contributed by atoms with van der Waals surface area (Å²) in [6, 6.07) is 5.83. The van der Waals surface area contributed by atoms with E-state index in [2.05, 4.69) is 22.8 Å². The highest BCUT2D eigenvalue weighted by atomic mass is 16.3. The van der Waals surface area contributed by atoms with Crippen LogP contribution in [0.1, 0.15) is 25.1 Å². The molecule has 2 rings (SSSR count). The van der Waals surface area contributed by atoms with Crippen LogP contribution in [0.25, 0.3) is 0 Å². The van der Waals surface area contributed by atoms with Gasteiger partial charge in [0.05, 0.1) is 12.3 Å². The van der Waals surface area contributed by atoms with E-state index in [1.807, 2.05) is 12.1 Å². The Balaban J connectivity index is 1.93. The molecule has 1 aromatic rings. The van der Waals surface area contributed by atoms with Crippen LogP contribution in [0.5, 0.6) is 0 Å². The molecule has 17 heavy (non-hydrogen) atoms. The number of piperazine rings is 1. The van der Waals surface area contributed by atoms with Gasteiger partial charge in [-0.1, -0.05) is 6.92 Å². The second-order valence-corrected chi connectivity index (χ2v) is 4.42. The Labute approximate surface area is 102 Å². The number of rotatable bonds is 4. The van der Waals surface area contributed by atoms with Crippen molar-refractivity contribution >= 4 is 0 Å².